The van der Waals surface area contributed by atoms with Gasteiger partial charge in [-0.25, -0.2) is 0 Å². The molecule has 0 saturated carbocycles. The monoisotopic (exact) mass is 280 g/mol. The first-order valence-electron chi connectivity index (χ1n) is 6.44. The van der Waals surface area contributed by atoms with E-state index in [1.165, 1.54) is 16.3 Å². The maximum atomic E-state index is 11.0. The van der Waals surface area contributed by atoms with Crippen molar-refractivity contribution in [1.82, 2.24) is 0 Å². The molecule has 0 N–H and O–H groups in total. The summed E-state index contributed by atoms with van der Waals surface area (Å²) in [6.45, 7) is 2.10. The fourth-order valence-corrected chi connectivity index (χ4v) is 2.67. The van der Waals surface area contributed by atoms with E-state index >= 15 is 0 Å². The maximum Gasteiger partial charge on any atom is 0.151 e. The predicted octanol–water partition coefficient (Wildman–Crippen LogP) is 5.28. The third-order valence-electron chi connectivity index (χ3n) is 3.58. The molecule has 0 unspecified atom stereocenters. The minimum atomic E-state index is 0.486. The van der Waals surface area contributed by atoms with E-state index in [9.17, 15) is 4.79 Å². The minimum Gasteiger partial charge on any atom is -0.298 e. The molecule has 0 atom stereocenters. The van der Waals surface area contributed by atoms with E-state index < -0.39 is 0 Å². The molecule has 2 heteroatoms. The van der Waals surface area contributed by atoms with Crippen LogP contribution < -0.4 is 0 Å². The fourth-order valence-electron chi connectivity index (χ4n) is 2.50. The molecule has 1 nitrogen and oxygen atoms in total. The largest absolute Gasteiger partial charge is 0.298 e. The van der Waals surface area contributed by atoms with Gasteiger partial charge in [0.15, 0.2) is 6.29 Å². The van der Waals surface area contributed by atoms with Crippen molar-refractivity contribution in [2.24, 2.45) is 0 Å². The molecule has 98 valence electrons. The molecule has 3 aromatic carbocycles. The molecular formula is C18H13ClO. The summed E-state index contributed by atoms with van der Waals surface area (Å²) in [6, 6.07) is 18.0. The minimum absolute atomic E-state index is 0.486. The Morgan fingerprint density at radius 1 is 0.950 bits per heavy atom. The van der Waals surface area contributed by atoms with Crippen molar-refractivity contribution in [2.75, 3.05) is 0 Å². The van der Waals surface area contributed by atoms with Crippen LogP contribution in [0.3, 0.4) is 0 Å². The molecule has 0 aliphatic carbocycles. The Labute approximate surface area is 122 Å². The Hall–Kier alpha value is -2.12. The zero-order valence-corrected chi connectivity index (χ0v) is 11.8. The van der Waals surface area contributed by atoms with E-state index in [2.05, 4.69) is 31.2 Å². The normalized spacial score (nSPS) is 10.7. The van der Waals surface area contributed by atoms with E-state index in [1.807, 2.05) is 24.3 Å². The van der Waals surface area contributed by atoms with E-state index in [0.29, 0.717) is 10.6 Å². The van der Waals surface area contributed by atoms with Crippen molar-refractivity contribution in [3.63, 3.8) is 0 Å². The average Bonchev–Trinajstić information content (AvgIpc) is 2.49. The Balaban J connectivity index is 2.30. The molecule has 3 aromatic rings. The third kappa shape index (κ3) is 2.10. The summed E-state index contributed by atoms with van der Waals surface area (Å²) < 4.78 is 0. The Bertz CT molecular complexity index is 806. The molecule has 0 saturated heterocycles. The van der Waals surface area contributed by atoms with E-state index in [4.69, 9.17) is 11.6 Å². The van der Waals surface area contributed by atoms with Gasteiger partial charge in [-0.1, -0.05) is 54.1 Å². The van der Waals surface area contributed by atoms with Crippen molar-refractivity contribution in [2.45, 2.75) is 6.92 Å². The molecule has 3 rings (SSSR count). The van der Waals surface area contributed by atoms with Gasteiger partial charge in [-0.3, -0.25) is 4.79 Å². The number of carbonyl (C=O) groups is 1. The molecule has 0 heterocycles. The van der Waals surface area contributed by atoms with E-state index in [1.54, 1.807) is 6.07 Å². The van der Waals surface area contributed by atoms with Gasteiger partial charge < -0.3 is 0 Å². The lowest BCUT2D eigenvalue weighted by atomic mass is 9.95. The van der Waals surface area contributed by atoms with Gasteiger partial charge in [0, 0.05) is 5.56 Å². The van der Waals surface area contributed by atoms with Gasteiger partial charge >= 0.3 is 0 Å². The Morgan fingerprint density at radius 3 is 2.45 bits per heavy atom. The fraction of sp³-hybridized carbons (Fsp3) is 0.0556. The van der Waals surface area contributed by atoms with E-state index in [0.717, 1.165) is 17.4 Å². The predicted molar refractivity (Wildman–Crippen MR) is 84.5 cm³/mol. The van der Waals surface area contributed by atoms with Gasteiger partial charge in [-0.05, 0) is 46.5 Å². The number of hydrogen-bond acceptors (Lipinski definition) is 1. The molecule has 0 bridgehead atoms. The zero-order chi connectivity index (χ0) is 14.1. The lowest BCUT2D eigenvalue weighted by molar-refractivity contribution is 0.112. The molecule has 0 amide bonds. The number of carbonyl (C=O) groups excluding carboxylic acids is 1. The van der Waals surface area contributed by atoms with E-state index in [-0.39, 0.29) is 0 Å². The topological polar surface area (TPSA) is 17.1 Å². The van der Waals surface area contributed by atoms with Crippen molar-refractivity contribution >= 4 is 28.7 Å². The molecule has 0 spiro atoms. The maximum absolute atomic E-state index is 11.0. The third-order valence-corrected chi connectivity index (χ3v) is 3.92. The highest BCUT2D eigenvalue weighted by molar-refractivity contribution is 6.33. The van der Waals surface area contributed by atoms with Crippen LogP contribution in [0.15, 0.2) is 54.6 Å². The molecule has 0 fully saturated rings. The summed E-state index contributed by atoms with van der Waals surface area (Å²) in [5.41, 5.74) is 3.89. The van der Waals surface area contributed by atoms with Gasteiger partial charge in [-0.2, -0.15) is 0 Å². The second-order valence-electron chi connectivity index (χ2n) is 4.83. The summed E-state index contributed by atoms with van der Waals surface area (Å²) in [5.74, 6) is 0. The second kappa shape index (κ2) is 5.10. The molecule has 0 radical (unpaired) electrons. The van der Waals surface area contributed by atoms with Crippen molar-refractivity contribution in [3.05, 3.63) is 70.7 Å². The molecule has 20 heavy (non-hydrogen) atoms. The van der Waals surface area contributed by atoms with Crippen LogP contribution in [-0.4, -0.2) is 6.29 Å². The number of halogens is 1. The number of fused-ring (bicyclic) bond motifs is 1. The van der Waals surface area contributed by atoms with Crippen LogP contribution in [0.5, 0.6) is 0 Å². The second-order valence-corrected chi connectivity index (χ2v) is 5.24. The van der Waals surface area contributed by atoms with Crippen molar-refractivity contribution in [3.8, 4) is 11.1 Å². The standard InChI is InChI=1S/C18H13ClO/c1-12-6-8-16(17-5-3-2-4-15(12)17)13-7-9-18(19)14(10-13)11-20/h2-11H,1H3. The number of aldehydes is 1. The summed E-state index contributed by atoms with van der Waals surface area (Å²) in [5, 5.41) is 2.90. The van der Waals surface area contributed by atoms with Gasteiger partial charge in [0.05, 0.1) is 5.02 Å². The first-order chi connectivity index (χ1) is 9.70. The summed E-state index contributed by atoms with van der Waals surface area (Å²) in [4.78, 5) is 11.0. The summed E-state index contributed by atoms with van der Waals surface area (Å²) >= 11 is 6.00. The number of benzene rings is 3. The van der Waals surface area contributed by atoms with Crippen LogP contribution in [0, 0.1) is 6.92 Å². The van der Waals surface area contributed by atoms with Crippen molar-refractivity contribution in [1.29, 1.82) is 0 Å². The number of aryl methyl sites for hydroxylation is 1. The highest BCUT2D eigenvalue weighted by atomic mass is 35.5. The average molecular weight is 281 g/mol. The first-order valence-corrected chi connectivity index (χ1v) is 6.82. The highest BCUT2D eigenvalue weighted by Gasteiger charge is 2.07. The van der Waals surface area contributed by atoms with Gasteiger partial charge in [-0.15, -0.1) is 0 Å². The smallest absolute Gasteiger partial charge is 0.151 e. The Kier molecular flexibility index (Phi) is 3.29. The van der Waals surface area contributed by atoms with Gasteiger partial charge in [0.25, 0.3) is 0 Å². The van der Waals surface area contributed by atoms with Gasteiger partial charge in [0.2, 0.25) is 0 Å². The van der Waals surface area contributed by atoms with Crippen LogP contribution >= 0.6 is 11.6 Å². The van der Waals surface area contributed by atoms with Crippen molar-refractivity contribution < 1.29 is 4.79 Å². The lowest BCUT2D eigenvalue weighted by Crippen LogP contribution is -1.87. The summed E-state index contributed by atoms with van der Waals surface area (Å²) in [6.07, 6.45) is 0.794. The molecule has 0 aromatic heterocycles. The lowest BCUT2D eigenvalue weighted by Gasteiger charge is -2.10. The van der Waals surface area contributed by atoms with Crippen LogP contribution in [0.25, 0.3) is 21.9 Å². The van der Waals surface area contributed by atoms with Crippen LogP contribution in [0.1, 0.15) is 15.9 Å². The molecule has 0 aliphatic rings. The number of rotatable bonds is 2. The summed E-state index contributed by atoms with van der Waals surface area (Å²) in [7, 11) is 0. The van der Waals surface area contributed by atoms with Crippen LogP contribution in [-0.2, 0) is 0 Å². The van der Waals surface area contributed by atoms with Gasteiger partial charge in [0.1, 0.15) is 0 Å². The SMILES string of the molecule is Cc1ccc(-c2ccc(Cl)c(C=O)c2)c2ccccc12. The number of hydrogen-bond donors (Lipinski definition) is 0. The van der Waals surface area contributed by atoms with Crippen LogP contribution in [0.4, 0.5) is 0 Å². The van der Waals surface area contributed by atoms with Crippen LogP contribution in [0.2, 0.25) is 5.02 Å². The first kappa shape index (κ1) is 12.9. The Morgan fingerprint density at radius 2 is 1.70 bits per heavy atom. The highest BCUT2D eigenvalue weighted by Crippen LogP contribution is 2.32. The molecular weight excluding hydrogens is 268 g/mol. The quantitative estimate of drug-likeness (QED) is 0.584. The zero-order valence-electron chi connectivity index (χ0n) is 11.1. The molecule has 0 aliphatic heterocycles.